The van der Waals surface area contributed by atoms with Crippen LogP contribution < -0.4 is 57.0 Å². The number of amides is 1. The number of aromatic carboxylic acids is 1. The Bertz CT molecular complexity index is 5900. The monoisotopic (exact) mass is 2180 g/mol. The number of carbonyl (C=O) groups is 6. The second-order valence-corrected chi connectivity index (χ2v) is 31.7. The summed E-state index contributed by atoms with van der Waals surface area (Å²) in [5.74, 6) is -0.933. The summed E-state index contributed by atoms with van der Waals surface area (Å²) in [4.78, 5) is 105. The van der Waals surface area contributed by atoms with Gasteiger partial charge in [0.25, 0.3) is 18.1 Å². The first-order valence-corrected chi connectivity index (χ1v) is 47.9. The van der Waals surface area contributed by atoms with Gasteiger partial charge in [-0.1, -0.05) is 14.9 Å². The van der Waals surface area contributed by atoms with Crippen LogP contribution in [0.5, 0.6) is 0 Å². The number of rotatable bonds is 18. The van der Waals surface area contributed by atoms with Gasteiger partial charge >= 0.3 is 102 Å². The number of nitrogens with zero attached hydrogens (tertiary/aromatic N) is 9. The van der Waals surface area contributed by atoms with E-state index >= 15 is 0 Å². The summed E-state index contributed by atoms with van der Waals surface area (Å²) in [6, 6.07) is 51.2. The maximum atomic E-state index is 12.9. The van der Waals surface area contributed by atoms with Crippen molar-refractivity contribution in [3.05, 3.63) is 330 Å². The fourth-order valence-corrected chi connectivity index (χ4v) is 11.9. The quantitative estimate of drug-likeness (QED) is 0.00563. The van der Waals surface area contributed by atoms with Crippen molar-refractivity contribution >= 4 is 151 Å². The zero-order chi connectivity index (χ0) is 104. The van der Waals surface area contributed by atoms with Gasteiger partial charge < -0.3 is 103 Å². The van der Waals surface area contributed by atoms with Gasteiger partial charge in [0.1, 0.15) is 47.4 Å². The minimum absolute atomic E-state index is 0. The number of aromatic nitrogens is 5. The molecule has 16 N–H and O–H groups in total. The Morgan fingerprint density at radius 2 is 0.874 bits per heavy atom. The third-order valence-corrected chi connectivity index (χ3v) is 18.6. The van der Waals surface area contributed by atoms with Crippen LogP contribution in [0.1, 0.15) is 91.7 Å². The standard InChI is InChI=1S/C15H11FN2O2.C14H11FN2O4.C14H9FN2O2.C14H13FN2O2.C11H16N4OS.C8H6FNO4.C6H6FN.C4H10O3.2C2H6O.CH3F.2CH4.2ClH.H2NO.Na.2H2O.Sn/c1-20-15(19)10-2-7-14-13(8-10)17-9-18(14)12-5-3-11(16)4-6-12;1-21-14(18)9-2-7-12(13(8-9)17(19)20)16-11-5-3-10(15)4-6-11;15-10-2-4-11(5-3-10)17-8-16-12-7-9(14(18)19)1-6-13(12)17;1-19-14(18)9-2-7-13(12(16)8-9)17-11-5-3-10(15)4-6-11;16-11(10-13-1-6-17-10)15-4-2-14(3-5-15)9-7-12-8-9;1-14-8(11)5-2-3-6(9)7(4-5)10(12)13;7-5-1-3-6(8)4-2-5;1-5-4(6-2)7-3;2*1-2-3;1-2;;;;;1-2;;;;/h2-9H,1H3;2-8,16H,1H3;1-8H,(H,18,19);2-8,17H,16H2,1H3;1,6,9,12H,2-5,7-8H2;2-4H,1H3;1-4H,8H2;4H,1-3H3;2*3H,2H2,1H3;1H3;2*1H4;2*1H;1-2H;;2*1H2;/q;;;;;;;;;;;;;;;-1;+1;;;+2/p-2/i;;;;;;;;;;1D;;;;;;;;;. The number of anilines is 6. The minimum Gasteiger partial charge on any atom is -0.553 e. The number of ether oxygens (including phenoxy) is 7. The van der Waals surface area contributed by atoms with Crippen LogP contribution in [-0.4, -0.2) is 252 Å². The van der Waals surface area contributed by atoms with Gasteiger partial charge in [-0.2, -0.15) is 4.39 Å². The number of halogens is 9. The van der Waals surface area contributed by atoms with Gasteiger partial charge in [0.15, 0.2) is 5.01 Å². The Balaban J connectivity index is -0.00000156. The summed E-state index contributed by atoms with van der Waals surface area (Å²) in [6.07, 6.45) is 4.91. The van der Waals surface area contributed by atoms with Crippen molar-refractivity contribution in [2.24, 2.45) is 0 Å². The molecule has 5 heterocycles. The number of methoxy groups -OCH3 is 7. The number of benzene rings is 10. The van der Waals surface area contributed by atoms with Gasteiger partial charge in [0, 0.05) is 132 Å². The van der Waals surface area contributed by atoms with Crippen LogP contribution >= 0.6 is 29.2 Å². The van der Waals surface area contributed by atoms with E-state index in [0.717, 1.165) is 93.1 Å². The molecule has 0 unspecified atom stereocenters. The average Bonchev–Trinajstić information content (AvgIpc) is 1.66. The van der Waals surface area contributed by atoms with Crippen molar-refractivity contribution in [3.8, 4) is 11.4 Å². The number of carbonyl (C=O) groups excluding carboxylic acids is 5. The molecule has 0 aliphatic carbocycles. The molecule has 770 valence electrons. The molecule has 2 aliphatic heterocycles. The van der Waals surface area contributed by atoms with Crippen LogP contribution in [-0.2, 0) is 33.2 Å². The fraction of sp³-hybridized carbons (Fsp3) is 0.237. The SMILES string of the molecule is C.C.CCO.CCO.COC(=O)c1ccc(F)c([N+](=O)[O-])c1.COC(=O)c1ccc(Nc2ccc(F)cc2)c(N)c1.COC(=O)c1ccc(Nc2ccc(F)cc2)c([N+](=O)[O-])c1.COC(=O)c1ccc2c(c1)ncn2-c1ccc(F)cc1.COC(OC)OC.Nc1ccc(F)cc1.O.O.O=C(O)c1ccc2c(c1)ncn2-c1ccc(F)cc1.O=C(c1nccs1)N1CCN(C2CNC2)CC1.[2H]CF.[Cl][Sn][Cl].[NH-]O.[Na+]. The molecule has 2 radical (unpaired) electrons. The number of nitro benzene ring substituents is 2. The molecule has 3 aromatic heterocycles. The van der Waals surface area contributed by atoms with E-state index in [9.17, 15) is 79.7 Å². The Hall–Kier alpha value is -13.0. The predicted octanol–water partition coefficient (Wildman–Crippen LogP) is 13.7. The molecule has 1 amide bonds. The van der Waals surface area contributed by atoms with E-state index in [4.69, 9.17) is 57.1 Å². The van der Waals surface area contributed by atoms with Crippen molar-refractivity contribution in [2.45, 2.75) is 41.2 Å². The summed E-state index contributed by atoms with van der Waals surface area (Å²) in [6.45, 7) is 9.18. The molecule has 2 aliphatic rings. The van der Waals surface area contributed by atoms with Gasteiger partial charge in [-0.3, -0.25) is 43.4 Å². The number of alkyl halides is 1. The Morgan fingerprint density at radius 1 is 0.538 bits per heavy atom. The summed E-state index contributed by atoms with van der Waals surface area (Å²) in [5, 5.41) is 63.3. The van der Waals surface area contributed by atoms with E-state index in [2.05, 4.69) is 69.0 Å². The molecule has 0 bridgehead atoms. The summed E-state index contributed by atoms with van der Waals surface area (Å²) >= 11 is 0.596. The Labute approximate surface area is 864 Å². The number of carboxylic acids is 1. The third kappa shape index (κ3) is 45.9. The number of aliphatic hydroxyl groups excluding tert-OH is 2. The van der Waals surface area contributed by atoms with Gasteiger partial charge in [0.05, 0.1) is 108 Å². The summed E-state index contributed by atoms with van der Waals surface area (Å²) < 4.78 is 127. The summed E-state index contributed by atoms with van der Waals surface area (Å²) in [5.41, 5.74) is 18.6. The molecule has 50 heteroatoms. The molecule has 0 saturated carbocycles. The van der Waals surface area contributed by atoms with Crippen LogP contribution in [0.3, 0.4) is 0 Å². The predicted molar refractivity (Wildman–Crippen MR) is 529 cm³/mol. The maximum Gasteiger partial charge on any atom is 1.00 e. The molecule has 2 fully saturated rings. The Morgan fingerprint density at radius 3 is 1.21 bits per heavy atom. The number of imidazole rings is 2. The molecule has 2 saturated heterocycles. The smallest absolute Gasteiger partial charge is 0.553 e. The van der Waals surface area contributed by atoms with Gasteiger partial charge in [-0.15, -0.1) is 11.3 Å². The molecular formula is C93H111Cl2F7N15NaO23SSn. The van der Waals surface area contributed by atoms with Crippen LogP contribution in [0.4, 0.5) is 76.2 Å². The molecule has 13 aromatic rings. The van der Waals surface area contributed by atoms with E-state index in [1.54, 1.807) is 110 Å². The van der Waals surface area contributed by atoms with E-state index in [-0.39, 0.29) is 126 Å². The number of hydrogen-bond acceptors (Lipinski definition) is 30. The van der Waals surface area contributed by atoms with Crippen LogP contribution in [0.2, 0.25) is 0 Å². The molecule has 0 atom stereocenters. The number of fused-ring (bicyclic) bond motifs is 2. The molecule has 143 heavy (non-hydrogen) atoms. The fourth-order valence-electron chi connectivity index (χ4n) is 11.3. The molecule has 15 rings (SSSR count). The zero-order valence-corrected chi connectivity index (χ0v) is 84.4. The summed E-state index contributed by atoms with van der Waals surface area (Å²) in [7, 11) is 18.4. The van der Waals surface area contributed by atoms with Crippen LogP contribution in [0, 0.1) is 55.1 Å². The van der Waals surface area contributed by atoms with Crippen molar-refractivity contribution in [3.63, 3.8) is 0 Å². The number of nitro groups is 2. The van der Waals surface area contributed by atoms with Crippen molar-refractivity contribution in [1.29, 1.82) is 0 Å². The number of nitrogens with two attached hydrogens (primary N) is 2. The number of esters is 4. The number of carboxylic acid groups (broad SMARTS) is 1. The second kappa shape index (κ2) is 74.0. The molecule has 0 spiro atoms. The average molecular weight is 2190 g/mol. The second-order valence-electron chi connectivity index (χ2n) is 26.6. The van der Waals surface area contributed by atoms with Crippen molar-refractivity contribution < 1.29 is 165 Å². The molecule has 38 nitrogen and oxygen atoms in total. The zero-order valence-electron chi connectivity index (χ0n) is 78.3. The maximum absolute atomic E-state index is 12.9. The molecule has 10 aromatic carbocycles. The molecular weight excluding hydrogens is 2070 g/mol. The van der Waals surface area contributed by atoms with Gasteiger partial charge in [-0.05, 0) is 214 Å². The first kappa shape index (κ1) is 132. The first-order chi connectivity index (χ1) is 66.6. The van der Waals surface area contributed by atoms with Crippen molar-refractivity contribution in [2.75, 3.05) is 132 Å². The van der Waals surface area contributed by atoms with Gasteiger partial charge in [-0.25, -0.2) is 60.9 Å². The van der Waals surface area contributed by atoms with E-state index in [1.165, 1.54) is 169 Å². The first-order valence-electron chi connectivity index (χ1n) is 40.5. The number of hydrogen-bond donors (Lipinski definition) is 9. The number of nitrogen functional groups attached to an aromatic ring is 2. The Kier molecular flexibility index (Phi) is 68.4. The van der Waals surface area contributed by atoms with Gasteiger partial charge in [0.2, 0.25) is 5.82 Å². The number of thiazole rings is 1. The van der Waals surface area contributed by atoms with Crippen LogP contribution in [0.25, 0.3) is 39.3 Å². The number of nitrogens with one attached hydrogen (secondary N) is 4. The topological polar surface area (TPSA) is 564 Å². The minimum atomic E-state index is -1.00. The third-order valence-electron chi connectivity index (χ3n) is 17.8. The number of aliphatic hydroxyl groups is 2. The van der Waals surface area contributed by atoms with Crippen molar-refractivity contribution in [1.82, 2.24) is 39.2 Å². The van der Waals surface area contributed by atoms with E-state index in [0.29, 0.717) is 61.6 Å². The normalized spacial score (nSPS) is 10.9. The van der Waals surface area contributed by atoms with Crippen LogP contribution in [0.15, 0.2) is 237 Å². The van der Waals surface area contributed by atoms with E-state index in [1.807, 2.05) is 14.8 Å². The van der Waals surface area contributed by atoms with E-state index < -0.39 is 89.5 Å². The largest absolute Gasteiger partial charge is 1.00 e. The number of piperazine rings is 1.